The summed E-state index contributed by atoms with van der Waals surface area (Å²) in [4.78, 5) is 10.7. The molecule has 1 aliphatic rings. The second kappa shape index (κ2) is 7.78. The van der Waals surface area contributed by atoms with Crippen molar-refractivity contribution in [2.24, 2.45) is 0 Å². The quantitative estimate of drug-likeness (QED) is 0.788. The smallest absolute Gasteiger partial charge is 0.341 e. The molecule has 2 aromatic rings. The lowest BCUT2D eigenvalue weighted by molar-refractivity contribution is -0.139. The van der Waals surface area contributed by atoms with E-state index in [0.29, 0.717) is 14.5 Å². The van der Waals surface area contributed by atoms with E-state index in [0.717, 1.165) is 19.0 Å². The van der Waals surface area contributed by atoms with Crippen LogP contribution in [0, 0.1) is 0 Å². The minimum absolute atomic E-state index is 0.186. The fourth-order valence-corrected chi connectivity index (χ4v) is 3.87. The van der Waals surface area contributed by atoms with Crippen molar-refractivity contribution in [1.29, 1.82) is 0 Å². The highest BCUT2D eigenvalue weighted by molar-refractivity contribution is 7.35. The fraction of sp³-hybridized carbons (Fsp3) is 0.316. The Morgan fingerprint density at radius 3 is 2.75 bits per heavy atom. The number of rotatable bonds is 6. The van der Waals surface area contributed by atoms with Crippen LogP contribution in [0.1, 0.15) is 35.2 Å². The first-order chi connectivity index (χ1) is 11.7. The Kier molecular flexibility index (Phi) is 5.49. The van der Waals surface area contributed by atoms with Gasteiger partial charge in [0.15, 0.2) is 6.61 Å². The monoisotopic (exact) mass is 343 g/mol. The third-order valence-corrected chi connectivity index (χ3v) is 5.09. The van der Waals surface area contributed by atoms with Gasteiger partial charge in [0.1, 0.15) is 5.75 Å². The first-order valence-electron chi connectivity index (χ1n) is 8.22. The summed E-state index contributed by atoms with van der Waals surface area (Å²) in [5, 5.41) is 12.5. The SMILES string of the molecule is CCPNC1c2ccccc2CCc2cc(OCC(=O)O)ccc21. The van der Waals surface area contributed by atoms with Gasteiger partial charge in [0, 0.05) is 0 Å². The van der Waals surface area contributed by atoms with E-state index >= 15 is 0 Å². The first kappa shape index (κ1) is 16.9. The molecular formula is C19H22NO3P. The molecule has 0 aliphatic heterocycles. The number of aliphatic carboxylic acids is 1. The van der Waals surface area contributed by atoms with Gasteiger partial charge < -0.3 is 9.84 Å². The summed E-state index contributed by atoms with van der Waals surface area (Å²) in [5.41, 5.74) is 5.22. The number of aryl methyl sites for hydroxylation is 2. The van der Waals surface area contributed by atoms with Gasteiger partial charge in [-0.15, -0.1) is 0 Å². The van der Waals surface area contributed by atoms with Crippen LogP contribution in [0.25, 0.3) is 0 Å². The lowest BCUT2D eigenvalue weighted by Gasteiger charge is -2.22. The summed E-state index contributed by atoms with van der Waals surface area (Å²) >= 11 is 0. The molecule has 1 aliphatic carbocycles. The van der Waals surface area contributed by atoms with E-state index in [2.05, 4.69) is 42.3 Å². The van der Waals surface area contributed by atoms with Crippen molar-refractivity contribution in [3.05, 3.63) is 64.7 Å². The van der Waals surface area contributed by atoms with Crippen LogP contribution in [0.5, 0.6) is 5.75 Å². The third-order valence-electron chi connectivity index (χ3n) is 4.24. The number of fused-ring (bicyclic) bond motifs is 2. The van der Waals surface area contributed by atoms with Gasteiger partial charge in [-0.05, 0) is 53.4 Å². The van der Waals surface area contributed by atoms with Gasteiger partial charge in [-0.2, -0.15) is 0 Å². The predicted octanol–water partition coefficient (Wildman–Crippen LogP) is 3.54. The van der Waals surface area contributed by atoms with Crippen LogP contribution in [0.15, 0.2) is 42.5 Å². The minimum Gasteiger partial charge on any atom is -0.482 e. The van der Waals surface area contributed by atoms with Gasteiger partial charge in [-0.1, -0.05) is 46.0 Å². The summed E-state index contributed by atoms with van der Waals surface area (Å²) in [7, 11) is 0.702. The maximum absolute atomic E-state index is 10.7. The third kappa shape index (κ3) is 3.77. The summed E-state index contributed by atoms with van der Waals surface area (Å²) in [6, 6.07) is 14.7. The molecule has 0 spiro atoms. The molecule has 0 saturated carbocycles. The van der Waals surface area contributed by atoms with Crippen LogP contribution in [-0.4, -0.2) is 23.8 Å². The van der Waals surface area contributed by atoms with Crippen LogP contribution >= 0.6 is 8.73 Å². The molecule has 24 heavy (non-hydrogen) atoms. The molecule has 0 saturated heterocycles. The van der Waals surface area contributed by atoms with Gasteiger partial charge in [-0.25, -0.2) is 4.79 Å². The Bertz CT molecular complexity index is 732. The highest BCUT2D eigenvalue weighted by Gasteiger charge is 2.23. The van der Waals surface area contributed by atoms with Crippen molar-refractivity contribution in [2.75, 3.05) is 12.8 Å². The van der Waals surface area contributed by atoms with Crippen molar-refractivity contribution in [3.8, 4) is 5.75 Å². The predicted molar refractivity (Wildman–Crippen MR) is 97.3 cm³/mol. The molecule has 0 heterocycles. The van der Waals surface area contributed by atoms with Crippen molar-refractivity contribution >= 4 is 14.7 Å². The standard InChI is InChI=1S/C19H22NO3P/c1-2-24-20-19-16-6-4-3-5-13(16)7-8-14-11-15(9-10-17(14)19)23-12-18(21)22/h3-6,9-11,19-20,24H,2,7-8,12H2,1H3,(H,21,22). The molecule has 0 bridgehead atoms. The van der Waals surface area contributed by atoms with Crippen LogP contribution in [-0.2, 0) is 17.6 Å². The van der Waals surface area contributed by atoms with E-state index in [9.17, 15) is 4.79 Å². The molecule has 2 aromatic carbocycles. The second-order valence-electron chi connectivity index (χ2n) is 5.85. The Hall–Kier alpha value is -1.90. The Labute approximate surface area is 144 Å². The molecule has 3 rings (SSSR count). The lowest BCUT2D eigenvalue weighted by Crippen LogP contribution is -2.16. The number of carbonyl (C=O) groups is 1. The van der Waals surface area contributed by atoms with Crippen LogP contribution in [0.2, 0.25) is 0 Å². The first-order valence-corrected chi connectivity index (χ1v) is 9.43. The van der Waals surface area contributed by atoms with Gasteiger partial charge >= 0.3 is 5.97 Å². The molecule has 0 amide bonds. The molecule has 2 atom stereocenters. The molecule has 2 N–H and O–H groups in total. The summed E-state index contributed by atoms with van der Waals surface area (Å²) in [6.07, 6.45) is 3.02. The highest BCUT2D eigenvalue weighted by atomic mass is 31.1. The number of nitrogens with one attached hydrogen (secondary N) is 1. The van der Waals surface area contributed by atoms with Gasteiger partial charge in [0.05, 0.1) is 6.04 Å². The van der Waals surface area contributed by atoms with E-state index in [1.165, 1.54) is 22.3 Å². The van der Waals surface area contributed by atoms with E-state index in [1.54, 1.807) is 0 Å². The number of hydrogen-bond acceptors (Lipinski definition) is 3. The van der Waals surface area contributed by atoms with Crippen LogP contribution in [0.4, 0.5) is 0 Å². The van der Waals surface area contributed by atoms with Gasteiger partial charge in [0.2, 0.25) is 0 Å². The largest absolute Gasteiger partial charge is 0.482 e. The second-order valence-corrected chi connectivity index (χ2v) is 7.20. The molecule has 0 fully saturated rings. The number of benzene rings is 2. The van der Waals surface area contributed by atoms with E-state index in [-0.39, 0.29) is 12.6 Å². The Morgan fingerprint density at radius 2 is 1.96 bits per heavy atom. The summed E-state index contributed by atoms with van der Waals surface area (Å²) < 4.78 is 5.35. The number of carboxylic acid groups (broad SMARTS) is 1. The molecule has 5 heteroatoms. The maximum Gasteiger partial charge on any atom is 0.341 e. The Balaban J connectivity index is 1.95. The fourth-order valence-electron chi connectivity index (χ4n) is 3.16. The van der Waals surface area contributed by atoms with Crippen molar-refractivity contribution < 1.29 is 14.6 Å². The van der Waals surface area contributed by atoms with E-state index in [4.69, 9.17) is 9.84 Å². The summed E-state index contributed by atoms with van der Waals surface area (Å²) in [6.45, 7) is 1.87. The molecule has 0 aromatic heterocycles. The van der Waals surface area contributed by atoms with Crippen LogP contribution in [0.3, 0.4) is 0 Å². The minimum atomic E-state index is -0.957. The molecular weight excluding hydrogens is 321 g/mol. The molecule has 126 valence electrons. The topological polar surface area (TPSA) is 58.6 Å². The van der Waals surface area contributed by atoms with Gasteiger partial charge in [-0.3, -0.25) is 5.09 Å². The van der Waals surface area contributed by atoms with Crippen molar-refractivity contribution in [1.82, 2.24) is 5.09 Å². The average molecular weight is 343 g/mol. The molecule has 2 unspecified atom stereocenters. The van der Waals surface area contributed by atoms with Gasteiger partial charge in [0.25, 0.3) is 0 Å². The lowest BCUT2D eigenvalue weighted by atomic mass is 9.95. The molecule has 4 nitrogen and oxygen atoms in total. The zero-order valence-corrected chi connectivity index (χ0v) is 14.7. The van der Waals surface area contributed by atoms with Crippen LogP contribution < -0.4 is 9.82 Å². The Morgan fingerprint density at radius 1 is 1.21 bits per heavy atom. The average Bonchev–Trinajstić information content (AvgIpc) is 2.75. The zero-order chi connectivity index (χ0) is 16.9. The summed E-state index contributed by atoms with van der Waals surface area (Å²) in [5.74, 6) is -0.333. The number of hydrogen-bond donors (Lipinski definition) is 2. The maximum atomic E-state index is 10.7. The number of carboxylic acids is 1. The number of ether oxygens (including phenoxy) is 1. The van der Waals surface area contributed by atoms with E-state index in [1.807, 2.05) is 12.1 Å². The zero-order valence-electron chi connectivity index (χ0n) is 13.7. The van der Waals surface area contributed by atoms with Crippen molar-refractivity contribution in [3.63, 3.8) is 0 Å². The van der Waals surface area contributed by atoms with E-state index < -0.39 is 5.97 Å². The molecule has 0 radical (unpaired) electrons. The highest BCUT2D eigenvalue weighted by Crippen LogP contribution is 2.36. The normalized spacial score (nSPS) is 16.5. The van der Waals surface area contributed by atoms with Crippen molar-refractivity contribution in [2.45, 2.75) is 25.8 Å².